The molecule has 29 heavy (non-hydrogen) atoms. The van der Waals surface area contributed by atoms with Crippen molar-refractivity contribution in [3.8, 4) is 23.0 Å². The summed E-state index contributed by atoms with van der Waals surface area (Å²) in [4.78, 5) is 0. The third kappa shape index (κ3) is 3.70. The Morgan fingerprint density at radius 3 is 2.38 bits per heavy atom. The molecule has 2 aromatic carbocycles. The number of aliphatic hydroxyl groups excluding tert-OH is 4. The summed E-state index contributed by atoms with van der Waals surface area (Å²) in [6.07, 6.45) is -6.38. The second-order valence-corrected chi connectivity index (χ2v) is 7.15. The smallest absolute Gasteiger partial charge is 0.229 e. The predicted molar refractivity (Wildman–Crippen MR) is 97.7 cm³/mol. The van der Waals surface area contributed by atoms with E-state index >= 15 is 0 Å². The van der Waals surface area contributed by atoms with Crippen LogP contribution in [0.4, 0.5) is 0 Å². The van der Waals surface area contributed by atoms with Crippen LogP contribution in [0.3, 0.4) is 0 Å². The van der Waals surface area contributed by atoms with Crippen LogP contribution in [-0.2, 0) is 11.2 Å². The molecular formula is C20H22O9. The van der Waals surface area contributed by atoms with Crippen LogP contribution in [-0.4, -0.2) is 68.0 Å². The highest BCUT2D eigenvalue weighted by Gasteiger charge is 2.44. The van der Waals surface area contributed by atoms with Crippen LogP contribution < -0.4 is 9.47 Å². The molecule has 1 fully saturated rings. The lowest BCUT2D eigenvalue weighted by atomic mass is 9.94. The van der Waals surface area contributed by atoms with Crippen LogP contribution in [0.15, 0.2) is 36.4 Å². The summed E-state index contributed by atoms with van der Waals surface area (Å²) in [6.45, 7) is -0.483. The van der Waals surface area contributed by atoms with Gasteiger partial charge in [-0.3, -0.25) is 0 Å². The Labute approximate surface area is 166 Å². The molecule has 0 radical (unpaired) electrons. The number of aliphatic hydroxyl groups is 4. The molecule has 156 valence electrons. The molecule has 0 spiro atoms. The Morgan fingerprint density at radius 1 is 1.00 bits per heavy atom. The highest BCUT2D eigenvalue weighted by Crippen LogP contribution is 2.42. The maximum absolute atomic E-state index is 10.4. The molecule has 0 unspecified atom stereocenters. The van der Waals surface area contributed by atoms with Crippen molar-refractivity contribution in [2.24, 2.45) is 0 Å². The van der Waals surface area contributed by atoms with Crippen molar-refractivity contribution in [1.29, 1.82) is 0 Å². The van der Waals surface area contributed by atoms with Crippen molar-refractivity contribution in [3.05, 3.63) is 47.5 Å². The van der Waals surface area contributed by atoms with Gasteiger partial charge in [0.2, 0.25) is 6.29 Å². The van der Waals surface area contributed by atoms with Crippen molar-refractivity contribution < 1.29 is 44.8 Å². The number of benzene rings is 2. The number of aromatic hydroxyl groups is 2. The van der Waals surface area contributed by atoms with Crippen LogP contribution in [0.1, 0.15) is 17.2 Å². The number of hydrogen-bond donors (Lipinski definition) is 6. The van der Waals surface area contributed by atoms with Gasteiger partial charge in [-0.25, -0.2) is 0 Å². The zero-order valence-corrected chi connectivity index (χ0v) is 15.3. The lowest BCUT2D eigenvalue weighted by Gasteiger charge is -2.31. The second kappa shape index (κ2) is 7.69. The second-order valence-electron chi connectivity index (χ2n) is 7.15. The number of hydrogen-bond acceptors (Lipinski definition) is 9. The number of ether oxygens (including phenoxy) is 3. The van der Waals surface area contributed by atoms with Gasteiger partial charge in [0.15, 0.2) is 0 Å². The summed E-state index contributed by atoms with van der Waals surface area (Å²) in [7, 11) is 0. The normalized spacial score (nSPS) is 31.2. The van der Waals surface area contributed by atoms with E-state index < -0.39 is 43.4 Å². The summed E-state index contributed by atoms with van der Waals surface area (Å²) < 4.78 is 16.7. The average molecular weight is 406 g/mol. The Balaban J connectivity index is 1.57. The van der Waals surface area contributed by atoms with Crippen LogP contribution in [0.25, 0.3) is 0 Å². The number of fused-ring (bicyclic) bond motifs is 1. The standard InChI is InChI=1S/C20H22O9/c21-8-16-17(25)18(26)20(29-16)27-11-5-13(23)12-7-14(24)19(28-15(12)6-11)9-1-3-10(22)4-2-9/h1-6,14,16-26H,7-8H2/t14-,16+,17-,18+,19-,20+/m1/s1. The SMILES string of the molecule is OC[C@@H]1O[C@H](Oc2cc(O)c3c(c2)O[C@H](c2ccc(O)cc2)[C@H](O)C3)[C@@H](O)[C@@H]1O. The summed E-state index contributed by atoms with van der Waals surface area (Å²) >= 11 is 0. The monoisotopic (exact) mass is 406 g/mol. The van der Waals surface area contributed by atoms with Crippen LogP contribution in [0.5, 0.6) is 23.0 Å². The van der Waals surface area contributed by atoms with Crippen LogP contribution >= 0.6 is 0 Å². The topological polar surface area (TPSA) is 149 Å². The third-order valence-electron chi connectivity index (χ3n) is 5.15. The van der Waals surface area contributed by atoms with Crippen molar-refractivity contribution >= 4 is 0 Å². The Bertz CT molecular complexity index is 869. The number of phenolic OH excluding ortho intramolecular Hbond substituents is 2. The molecule has 0 saturated carbocycles. The molecule has 1 saturated heterocycles. The number of rotatable bonds is 4. The fraction of sp³-hybridized carbons (Fsp3) is 0.400. The minimum atomic E-state index is -1.38. The van der Waals surface area contributed by atoms with E-state index in [1.807, 2.05) is 0 Å². The van der Waals surface area contributed by atoms with Gasteiger partial charge in [0.25, 0.3) is 0 Å². The first-order valence-electron chi connectivity index (χ1n) is 9.16. The van der Waals surface area contributed by atoms with Gasteiger partial charge in [-0.2, -0.15) is 0 Å². The van der Waals surface area contributed by atoms with Gasteiger partial charge < -0.3 is 44.8 Å². The van der Waals surface area contributed by atoms with Gasteiger partial charge in [0.05, 0.1) is 12.7 Å². The molecule has 2 aromatic rings. The lowest BCUT2D eigenvalue weighted by Crippen LogP contribution is -2.35. The van der Waals surface area contributed by atoms with Gasteiger partial charge in [-0.05, 0) is 17.7 Å². The molecule has 2 aliphatic rings. The maximum atomic E-state index is 10.4. The van der Waals surface area contributed by atoms with Gasteiger partial charge >= 0.3 is 0 Å². The summed E-state index contributed by atoms with van der Waals surface area (Å²) in [6, 6.07) is 9.02. The maximum Gasteiger partial charge on any atom is 0.229 e. The molecular weight excluding hydrogens is 384 g/mol. The fourth-order valence-electron chi connectivity index (χ4n) is 3.57. The Hall–Kier alpha value is -2.56. The molecule has 2 heterocycles. The zero-order chi connectivity index (χ0) is 20.7. The lowest BCUT2D eigenvalue weighted by molar-refractivity contribution is -0.116. The molecule has 0 amide bonds. The largest absolute Gasteiger partial charge is 0.508 e. The van der Waals surface area contributed by atoms with Crippen molar-refractivity contribution in [3.63, 3.8) is 0 Å². The third-order valence-corrected chi connectivity index (χ3v) is 5.15. The molecule has 4 rings (SSSR count). The van der Waals surface area contributed by atoms with Gasteiger partial charge in [-0.15, -0.1) is 0 Å². The van der Waals surface area contributed by atoms with Gasteiger partial charge in [0, 0.05) is 24.1 Å². The van der Waals surface area contributed by atoms with Gasteiger partial charge in [-0.1, -0.05) is 12.1 Å². The Morgan fingerprint density at radius 2 is 1.72 bits per heavy atom. The highest BCUT2D eigenvalue weighted by molar-refractivity contribution is 5.52. The first-order chi connectivity index (χ1) is 13.9. The minimum absolute atomic E-state index is 0.0891. The quantitative estimate of drug-likeness (QED) is 0.411. The van der Waals surface area contributed by atoms with Crippen molar-refractivity contribution in [1.82, 2.24) is 0 Å². The molecule has 2 aliphatic heterocycles. The first kappa shape index (κ1) is 19.7. The molecule has 0 bridgehead atoms. The fourth-order valence-corrected chi connectivity index (χ4v) is 3.57. The van der Waals surface area contributed by atoms with E-state index in [9.17, 15) is 25.5 Å². The highest BCUT2D eigenvalue weighted by atomic mass is 16.7. The van der Waals surface area contributed by atoms with E-state index in [0.717, 1.165) is 0 Å². The molecule has 0 aliphatic carbocycles. The minimum Gasteiger partial charge on any atom is -0.508 e. The van der Waals surface area contributed by atoms with E-state index in [2.05, 4.69) is 0 Å². The van der Waals surface area contributed by atoms with Crippen LogP contribution in [0, 0.1) is 0 Å². The van der Waals surface area contributed by atoms with E-state index in [4.69, 9.17) is 19.3 Å². The first-order valence-corrected chi connectivity index (χ1v) is 9.16. The summed E-state index contributed by atoms with van der Waals surface area (Å²) in [5.74, 6) is 0.339. The number of phenols is 2. The zero-order valence-electron chi connectivity index (χ0n) is 15.3. The van der Waals surface area contributed by atoms with E-state index in [-0.39, 0.29) is 29.4 Å². The van der Waals surface area contributed by atoms with Gasteiger partial charge in [0.1, 0.15) is 47.4 Å². The van der Waals surface area contributed by atoms with Crippen molar-refractivity contribution in [2.45, 2.75) is 43.2 Å². The van der Waals surface area contributed by atoms with Crippen LogP contribution in [0.2, 0.25) is 0 Å². The summed E-state index contributed by atoms with van der Waals surface area (Å²) in [5, 5.41) is 59.2. The van der Waals surface area contributed by atoms with E-state index in [1.165, 1.54) is 24.3 Å². The average Bonchev–Trinajstić information content (AvgIpc) is 2.97. The van der Waals surface area contributed by atoms with E-state index in [1.54, 1.807) is 12.1 Å². The van der Waals surface area contributed by atoms with E-state index in [0.29, 0.717) is 11.1 Å². The predicted octanol–water partition coefficient (Wildman–Crippen LogP) is -0.0473. The molecule has 0 aromatic heterocycles. The Kier molecular flexibility index (Phi) is 5.24. The molecule has 9 heteroatoms. The molecule has 6 atom stereocenters. The summed E-state index contributed by atoms with van der Waals surface area (Å²) in [5.41, 5.74) is 1.05. The molecule has 6 N–H and O–H groups in total. The molecule has 9 nitrogen and oxygen atoms in total. The van der Waals surface area contributed by atoms with Crippen molar-refractivity contribution in [2.75, 3.05) is 6.61 Å².